The van der Waals surface area contributed by atoms with Gasteiger partial charge in [0.25, 0.3) is 5.91 Å². The molecule has 0 spiro atoms. The molecule has 23 heavy (non-hydrogen) atoms. The van der Waals surface area contributed by atoms with Crippen molar-refractivity contribution in [2.24, 2.45) is 0 Å². The smallest absolute Gasteiger partial charge is 0.254 e. The van der Waals surface area contributed by atoms with E-state index in [1.165, 1.54) is 20.8 Å². The second-order valence-electron chi connectivity index (χ2n) is 5.28. The van der Waals surface area contributed by atoms with Crippen LogP contribution in [0, 0.1) is 6.92 Å². The normalized spacial score (nSPS) is 12.1. The molecule has 0 aliphatic carbocycles. The van der Waals surface area contributed by atoms with Crippen LogP contribution in [-0.4, -0.2) is 37.6 Å². The number of rotatable bonds is 4. The number of carbonyl (C=O) groups excluding carboxylic acids is 1. The van der Waals surface area contributed by atoms with Crippen molar-refractivity contribution in [1.82, 2.24) is 24.6 Å². The molecule has 1 amide bonds. The van der Waals surface area contributed by atoms with Crippen molar-refractivity contribution < 1.29 is 4.79 Å². The third-order valence-electron chi connectivity index (χ3n) is 3.72. The Morgan fingerprint density at radius 2 is 2.17 bits per heavy atom. The van der Waals surface area contributed by atoms with E-state index < -0.39 is 0 Å². The molecule has 0 bridgehead atoms. The lowest BCUT2D eigenvalue weighted by molar-refractivity contribution is 0.0745. The lowest BCUT2D eigenvalue weighted by Crippen LogP contribution is -2.29. The fourth-order valence-corrected chi connectivity index (χ4v) is 3.22. The SMILES string of the molecule is Cc1ccc([C@@H](C)N(C)C(=O)c2ccnc(-n3cncn3)c2)s1. The highest BCUT2D eigenvalue weighted by molar-refractivity contribution is 7.12. The molecule has 0 radical (unpaired) electrons. The van der Waals surface area contributed by atoms with E-state index >= 15 is 0 Å². The van der Waals surface area contributed by atoms with Gasteiger partial charge >= 0.3 is 0 Å². The number of thiophene rings is 1. The molecule has 0 N–H and O–H groups in total. The van der Waals surface area contributed by atoms with Crippen LogP contribution in [0.25, 0.3) is 5.82 Å². The van der Waals surface area contributed by atoms with Crippen LogP contribution in [-0.2, 0) is 0 Å². The zero-order valence-electron chi connectivity index (χ0n) is 13.2. The topological polar surface area (TPSA) is 63.9 Å². The summed E-state index contributed by atoms with van der Waals surface area (Å²) in [6, 6.07) is 7.60. The number of pyridine rings is 1. The summed E-state index contributed by atoms with van der Waals surface area (Å²) in [5.74, 6) is 0.522. The first-order valence-electron chi connectivity index (χ1n) is 7.21. The molecule has 3 heterocycles. The summed E-state index contributed by atoms with van der Waals surface area (Å²) in [6.07, 6.45) is 4.60. The summed E-state index contributed by atoms with van der Waals surface area (Å²) in [7, 11) is 1.82. The molecule has 7 heteroatoms. The van der Waals surface area contributed by atoms with E-state index in [0.29, 0.717) is 11.4 Å². The average Bonchev–Trinajstić information content (AvgIpc) is 3.24. The van der Waals surface area contributed by atoms with Gasteiger partial charge in [0, 0.05) is 28.6 Å². The maximum absolute atomic E-state index is 12.7. The van der Waals surface area contributed by atoms with Gasteiger partial charge in [0.15, 0.2) is 5.82 Å². The molecule has 3 aromatic heterocycles. The number of hydrogen-bond donors (Lipinski definition) is 0. The molecule has 0 saturated carbocycles. The number of amides is 1. The van der Waals surface area contributed by atoms with Gasteiger partial charge in [-0.2, -0.15) is 5.10 Å². The first-order valence-corrected chi connectivity index (χ1v) is 8.02. The Balaban J connectivity index is 1.83. The van der Waals surface area contributed by atoms with Crippen molar-refractivity contribution in [3.05, 3.63) is 58.4 Å². The monoisotopic (exact) mass is 327 g/mol. The summed E-state index contributed by atoms with van der Waals surface area (Å²) < 4.78 is 1.53. The minimum absolute atomic E-state index is 0.0178. The third kappa shape index (κ3) is 3.14. The van der Waals surface area contributed by atoms with Crippen molar-refractivity contribution in [1.29, 1.82) is 0 Å². The summed E-state index contributed by atoms with van der Waals surface area (Å²) >= 11 is 1.71. The Labute approximate surface area is 138 Å². The number of aromatic nitrogens is 4. The maximum Gasteiger partial charge on any atom is 0.254 e. The Morgan fingerprint density at radius 1 is 1.35 bits per heavy atom. The second kappa shape index (κ2) is 6.29. The molecule has 1 atom stereocenters. The van der Waals surface area contributed by atoms with E-state index in [9.17, 15) is 4.79 Å². The van der Waals surface area contributed by atoms with Crippen LogP contribution in [0.5, 0.6) is 0 Å². The van der Waals surface area contributed by atoms with Gasteiger partial charge in [0.1, 0.15) is 12.7 Å². The molecular formula is C16H17N5OS. The first-order chi connectivity index (χ1) is 11.1. The molecule has 0 fully saturated rings. The van der Waals surface area contributed by atoms with Crippen LogP contribution in [0.3, 0.4) is 0 Å². The minimum Gasteiger partial charge on any atom is -0.334 e. The Morgan fingerprint density at radius 3 is 2.83 bits per heavy atom. The zero-order chi connectivity index (χ0) is 16.4. The molecule has 0 aliphatic rings. The van der Waals surface area contributed by atoms with Crippen LogP contribution in [0.1, 0.15) is 33.1 Å². The van der Waals surface area contributed by atoms with Crippen LogP contribution < -0.4 is 0 Å². The highest BCUT2D eigenvalue weighted by Crippen LogP contribution is 2.27. The van der Waals surface area contributed by atoms with Crippen LogP contribution in [0.15, 0.2) is 43.1 Å². The number of hydrogen-bond acceptors (Lipinski definition) is 5. The molecule has 3 aromatic rings. The van der Waals surface area contributed by atoms with Gasteiger partial charge in [-0.1, -0.05) is 0 Å². The highest BCUT2D eigenvalue weighted by Gasteiger charge is 2.20. The number of aryl methyl sites for hydroxylation is 1. The van der Waals surface area contributed by atoms with Crippen molar-refractivity contribution >= 4 is 17.2 Å². The molecule has 0 aliphatic heterocycles. The molecule has 118 valence electrons. The molecule has 6 nitrogen and oxygen atoms in total. The van der Waals surface area contributed by atoms with Gasteiger partial charge in [-0.05, 0) is 38.1 Å². The average molecular weight is 327 g/mol. The predicted molar refractivity (Wildman–Crippen MR) is 88.7 cm³/mol. The summed E-state index contributed by atoms with van der Waals surface area (Å²) in [5.41, 5.74) is 0.577. The van der Waals surface area contributed by atoms with E-state index in [4.69, 9.17) is 0 Å². The Hall–Kier alpha value is -2.54. The standard InChI is InChI=1S/C16H17N5OS/c1-11-4-5-14(23-11)12(2)20(3)16(22)13-6-7-18-15(8-13)21-10-17-9-19-21/h4-10,12H,1-3H3/t12-/m1/s1. The predicted octanol–water partition coefficient (Wildman–Crippen LogP) is 2.87. The van der Waals surface area contributed by atoms with E-state index in [1.807, 2.05) is 14.0 Å². The van der Waals surface area contributed by atoms with Crippen molar-refractivity contribution in [2.75, 3.05) is 7.05 Å². The first kappa shape index (κ1) is 15.4. The lowest BCUT2D eigenvalue weighted by Gasteiger charge is -2.24. The fourth-order valence-electron chi connectivity index (χ4n) is 2.25. The van der Waals surface area contributed by atoms with E-state index in [1.54, 1.807) is 40.9 Å². The number of nitrogens with zero attached hydrogens (tertiary/aromatic N) is 5. The zero-order valence-corrected chi connectivity index (χ0v) is 14.0. The summed E-state index contributed by atoms with van der Waals surface area (Å²) in [4.78, 5) is 25.0. The molecule has 0 saturated heterocycles. The van der Waals surface area contributed by atoms with E-state index in [0.717, 1.165) is 0 Å². The lowest BCUT2D eigenvalue weighted by atomic mass is 10.2. The van der Waals surface area contributed by atoms with Crippen molar-refractivity contribution in [3.8, 4) is 5.82 Å². The summed E-state index contributed by atoms with van der Waals surface area (Å²) in [5, 5.41) is 4.04. The highest BCUT2D eigenvalue weighted by atomic mass is 32.1. The third-order valence-corrected chi connectivity index (χ3v) is 4.89. The van der Waals surface area contributed by atoms with Gasteiger partial charge < -0.3 is 4.90 Å². The second-order valence-corrected chi connectivity index (χ2v) is 6.60. The van der Waals surface area contributed by atoms with E-state index in [-0.39, 0.29) is 11.9 Å². The quantitative estimate of drug-likeness (QED) is 0.739. The molecule has 0 unspecified atom stereocenters. The van der Waals surface area contributed by atoms with Crippen molar-refractivity contribution in [3.63, 3.8) is 0 Å². The van der Waals surface area contributed by atoms with E-state index in [2.05, 4.69) is 34.1 Å². The van der Waals surface area contributed by atoms with Crippen molar-refractivity contribution in [2.45, 2.75) is 19.9 Å². The Kier molecular flexibility index (Phi) is 4.20. The van der Waals surface area contributed by atoms with Crippen LogP contribution in [0.2, 0.25) is 0 Å². The fraction of sp³-hybridized carbons (Fsp3) is 0.250. The number of carbonyl (C=O) groups is 1. The van der Waals surface area contributed by atoms with Gasteiger partial charge in [0.2, 0.25) is 0 Å². The van der Waals surface area contributed by atoms with Crippen LogP contribution in [0.4, 0.5) is 0 Å². The largest absolute Gasteiger partial charge is 0.334 e. The van der Waals surface area contributed by atoms with Gasteiger partial charge in [-0.3, -0.25) is 4.79 Å². The minimum atomic E-state index is -0.0488. The Bertz CT molecular complexity index is 812. The maximum atomic E-state index is 12.7. The van der Waals surface area contributed by atoms with Gasteiger partial charge in [-0.25, -0.2) is 14.6 Å². The van der Waals surface area contributed by atoms with Gasteiger partial charge in [-0.15, -0.1) is 11.3 Å². The summed E-state index contributed by atoms with van der Waals surface area (Å²) in [6.45, 7) is 4.10. The van der Waals surface area contributed by atoms with Crippen LogP contribution >= 0.6 is 11.3 Å². The van der Waals surface area contributed by atoms with Gasteiger partial charge in [0.05, 0.1) is 6.04 Å². The molecule has 3 rings (SSSR count). The molecule has 0 aromatic carbocycles. The molecular weight excluding hydrogens is 310 g/mol.